The molecule has 0 saturated carbocycles. The molecule has 1 aromatic rings. The third kappa shape index (κ3) is 2.99. The van der Waals surface area contributed by atoms with Crippen molar-refractivity contribution in [1.82, 2.24) is 5.32 Å². The van der Waals surface area contributed by atoms with Gasteiger partial charge in [0.2, 0.25) is 0 Å². The van der Waals surface area contributed by atoms with Crippen LogP contribution in [0.25, 0.3) is 0 Å². The van der Waals surface area contributed by atoms with Gasteiger partial charge < -0.3 is 10.2 Å². The van der Waals surface area contributed by atoms with Crippen LogP contribution in [0.1, 0.15) is 31.4 Å². The molecule has 0 aliphatic carbocycles. The van der Waals surface area contributed by atoms with Crippen LogP contribution < -0.4 is 10.2 Å². The molecular weight excluding hydrogens is 196 g/mol. The molecule has 0 spiro atoms. The number of nitrogens with zero attached hydrogens (tertiary/aromatic N) is 1. The Morgan fingerprint density at radius 3 is 2.62 bits per heavy atom. The summed E-state index contributed by atoms with van der Waals surface area (Å²) in [6, 6.07) is 7.27. The molecule has 1 unspecified atom stereocenters. The Balaban J connectivity index is 3.01. The lowest BCUT2D eigenvalue weighted by Crippen LogP contribution is -2.29. The third-order valence-corrected chi connectivity index (χ3v) is 3.23. The lowest BCUT2D eigenvalue weighted by atomic mass is 10.1. The van der Waals surface area contributed by atoms with Crippen molar-refractivity contribution in [3.05, 3.63) is 29.3 Å². The molecule has 0 aliphatic rings. The standard InChI is InChI=1S/C14H24N2/c1-6-12(3)16(5)14-8-7-11(2)9-13(14)10-15-4/h7-9,12,15H,6,10H2,1-5H3. The van der Waals surface area contributed by atoms with E-state index in [4.69, 9.17) is 0 Å². The monoisotopic (exact) mass is 220 g/mol. The number of hydrogen-bond acceptors (Lipinski definition) is 2. The molecule has 2 heteroatoms. The van der Waals surface area contributed by atoms with Gasteiger partial charge in [-0.1, -0.05) is 24.6 Å². The van der Waals surface area contributed by atoms with E-state index >= 15 is 0 Å². The summed E-state index contributed by atoms with van der Waals surface area (Å²) in [5.41, 5.74) is 4.05. The number of benzene rings is 1. The molecule has 1 aromatic carbocycles. The Hall–Kier alpha value is -1.02. The first kappa shape index (κ1) is 13.0. The van der Waals surface area contributed by atoms with Crippen LogP contribution in [0.4, 0.5) is 5.69 Å². The Morgan fingerprint density at radius 2 is 2.06 bits per heavy atom. The van der Waals surface area contributed by atoms with Crippen molar-refractivity contribution in [3.63, 3.8) is 0 Å². The summed E-state index contributed by atoms with van der Waals surface area (Å²) in [5, 5.41) is 3.24. The Morgan fingerprint density at radius 1 is 1.38 bits per heavy atom. The van der Waals surface area contributed by atoms with Crippen LogP contribution in [0, 0.1) is 6.92 Å². The second-order valence-electron chi connectivity index (χ2n) is 4.53. The summed E-state index contributed by atoms with van der Waals surface area (Å²) < 4.78 is 0. The van der Waals surface area contributed by atoms with Crippen molar-refractivity contribution in [2.24, 2.45) is 0 Å². The highest BCUT2D eigenvalue weighted by Crippen LogP contribution is 2.23. The minimum absolute atomic E-state index is 0.582. The number of rotatable bonds is 5. The Labute approximate surface area is 99.7 Å². The van der Waals surface area contributed by atoms with Gasteiger partial charge in [-0.2, -0.15) is 0 Å². The van der Waals surface area contributed by atoms with Gasteiger partial charge in [0.25, 0.3) is 0 Å². The van der Waals surface area contributed by atoms with E-state index in [0.29, 0.717) is 6.04 Å². The molecule has 0 amide bonds. The van der Waals surface area contributed by atoms with Crippen LogP contribution >= 0.6 is 0 Å². The lowest BCUT2D eigenvalue weighted by molar-refractivity contribution is 0.658. The van der Waals surface area contributed by atoms with E-state index in [1.165, 1.54) is 23.2 Å². The largest absolute Gasteiger partial charge is 0.372 e. The SMILES string of the molecule is CCC(C)N(C)c1ccc(C)cc1CNC. The van der Waals surface area contributed by atoms with Crippen molar-refractivity contribution in [2.45, 2.75) is 39.8 Å². The molecule has 1 atom stereocenters. The summed E-state index contributed by atoms with van der Waals surface area (Å²) in [5.74, 6) is 0. The molecule has 90 valence electrons. The molecule has 0 fully saturated rings. The summed E-state index contributed by atoms with van der Waals surface area (Å²) >= 11 is 0. The molecule has 0 heterocycles. The van der Waals surface area contributed by atoms with Crippen LogP contribution in [-0.4, -0.2) is 20.1 Å². The lowest BCUT2D eigenvalue weighted by Gasteiger charge is -2.28. The molecule has 16 heavy (non-hydrogen) atoms. The maximum Gasteiger partial charge on any atom is 0.0411 e. The molecular formula is C14H24N2. The highest BCUT2D eigenvalue weighted by molar-refractivity contribution is 5.55. The predicted octanol–water partition coefficient (Wildman–Crippen LogP) is 2.95. The van der Waals surface area contributed by atoms with Crippen molar-refractivity contribution in [2.75, 3.05) is 19.0 Å². The summed E-state index contributed by atoms with van der Waals surface area (Å²) in [6.07, 6.45) is 1.17. The van der Waals surface area contributed by atoms with Crippen LogP contribution in [0.5, 0.6) is 0 Å². The molecule has 1 N–H and O–H groups in total. The van der Waals surface area contributed by atoms with Gasteiger partial charge in [0, 0.05) is 25.3 Å². The smallest absolute Gasteiger partial charge is 0.0411 e. The van der Waals surface area contributed by atoms with E-state index in [1.54, 1.807) is 0 Å². The summed E-state index contributed by atoms with van der Waals surface area (Å²) in [7, 11) is 4.17. The summed E-state index contributed by atoms with van der Waals surface area (Å²) in [6.45, 7) is 7.57. The fraction of sp³-hybridized carbons (Fsp3) is 0.571. The van der Waals surface area contributed by atoms with Crippen LogP contribution in [-0.2, 0) is 6.54 Å². The summed E-state index contributed by atoms with van der Waals surface area (Å²) in [4.78, 5) is 2.37. The molecule has 0 aliphatic heterocycles. The first-order valence-corrected chi connectivity index (χ1v) is 6.07. The molecule has 1 rings (SSSR count). The van der Waals surface area contributed by atoms with E-state index in [1.807, 2.05) is 7.05 Å². The van der Waals surface area contributed by atoms with Gasteiger partial charge in [-0.05, 0) is 38.9 Å². The first-order chi connectivity index (χ1) is 7.60. The highest BCUT2D eigenvalue weighted by Gasteiger charge is 2.11. The number of nitrogens with one attached hydrogen (secondary N) is 1. The normalized spacial score (nSPS) is 12.6. The third-order valence-electron chi connectivity index (χ3n) is 3.23. The van der Waals surface area contributed by atoms with Crippen molar-refractivity contribution < 1.29 is 0 Å². The first-order valence-electron chi connectivity index (χ1n) is 6.07. The van der Waals surface area contributed by atoms with Gasteiger partial charge in [-0.25, -0.2) is 0 Å². The zero-order chi connectivity index (χ0) is 12.1. The van der Waals surface area contributed by atoms with E-state index in [0.717, 1.165) is 6.54 Å². The molecule has 0 aromatic heterocycles. The molecule has 2 nitrogen and oxygen atoms in total. The topological polar surface area (TPSA) is 15.3 Å². The number of aryl methyl sites for hydroxylation is 1. The fourth-order valence-electron chi connectivity index (χ4n) is 1.90. The minimum Gasteiger partial charge on any atom is -0.372 e. The van der Waals surface area contributed by atoms with E-state index in [2.05, 4.69) is 56.2 Å². The number of hydrogen-bond donors (Lipinski definition) is 1. The van der Waals surface area contributed by atoms with Crippen molar-refractivity contribution in [1.29, 1.82) is 0 Å². The molecule has 0 bridgehead atoms. The van der Waals surface area contributed by atoms with Crippen LogP contribution in [0.15, 0.2) is 18.2 Å². The molecule has 0 saturated heterocycles. The van der Waals surface area contributed by atoms with Crippen molar-refractivity contribution >= 4 is 5.69 Å². The van der Waals surface area contributed by atoms with Crippen LogP contribution in [0.3, 0.4) is 0 Å². The average Bonchev–Trinajstić information content (AvgIpc) is 2.28. The van der Waals surface area contributed by atoms with Gasteiger partial charge in [0.05, 0.1) is 0 Å². The minimum atomic E-state index is 0.582. The van der Waals surface area contributed by atoms with E-state index in [-0.39, 0.29) is 0 Å². The zero-order valence-electron chi connectivity index (χ0n) is 11.2. The average molecular weight is 220 g/mol. The second kappa shape index (κ2) is 5.90. The maximum atomic E-state index is 3.24. The van der Waals surface area contributed by atoms with Crippen LogP contribution in [0.2, 0.25) is 0 Å². The fourth-order valence-corrected chi connectivity index (χ4v) is 1.90. The van der Waals surface area contributed by atoms with Gasteiger partial charge in [-0.3, -0.25) is 0 Å². The molecule has 0 radical (unpaired) electrons. The van der Waals surface area contributed by atoms with Gasteiger partial charge in [0.15, 0.2) is 0 Å². The Bertz CT molecular complexity index is 334. The quantitative estimate of drug-likeness (QED) is 0.820. The zero-order valence-corrected chi connectivity index (χ0v) is 11.2. The van der Waals surface area contributed by atoms with E-state index < -0.39 is 0 Å². The Kier molecular flexibility index (Phi) is 4.81. The van der Waals surface area contributed by atoms with Gasteiger partial charge in [0.1, 0.15) is 0 Å². The predicted molar refractivity (Wildman–Crippen MR) is 72.1 cm³/mol. The van der Waals surface area contributed by atoms with Crippen molar-refractivity contribution in [3.8, 4) is 0 Å². The number of anilines is 1. The van der Waals surface area contributed by atoms with E-state index in [9.17, 15) is 0 Å². The van der Waals surface area contributed by atoms with Gasteiger partial charge >= 0.3 is 0 Å². The van der Waals surface area contributed by atoms with Gasteiger partial charge in [-0.15, -0.1) is 0 Å². The second-order valence-corrected chi connectivity index (χ2v) is 4.53. The maximum absolute atomic E-state index is 3.24. The highest BCUT2D eigenvalue weighted by atomic mass is 15.1.